The lowest BCUT2D eigenvalue weighted by molar-refractivity contribution is 0.431. The van der Waals surface area contributed by atoms with Gasteiger partial charge in [0, 0.05) is 22.3 Å². The topological polar surface area (TPSA) is 77.8 Å². The van der Waals surface area contributed by atoms with Gasteiger partial charge in [0.2, 0.25) is 11.6 Å². The van der Waals surface area contributed by atoms with Gasteiger partial charge in [-0.2, -0.15) is 9.97 Å². The van der Waals surface area contributed by atoms with E-state index in [9.17, 15) is 8.78 Å². The number of aromatic nitrogens is 4. The average Bonchev–Trinajstić information content (AvgIpc) is 3.48. The van der Waals surface area contributed by atoms with Crippen LogP contribution >= 0.6 is 0 Å². The van der Waals surface area contributed by atoms with Crippen LogP contribution in [0.1, 0.15) is 11.1 Å². The third-order valence-electron chi connectivity index (χ3n) is 5.04. The van der Waals surface area contributed by atoms with Crippen molar-refractivity contribution in [3.63, 3.8) is 0 Å². The van der Waals surface area contributed by atoms with Crippen molar-refractivity contribution in [1.29, 1.82) is 0 Å². The first-order valence-corrected chi connectivity index (χ1v) is 9.79. The molecule has 5 rings (SSSR count). The van der Waals surface area contributed by atoms with Crippen LogP contribution in [0.25, 0.3) is 45.7 Å². The van der Waals surface area contributed by atoms with E-state index in [1.807, 2.05) is 18.2 Å². The molecule has 158 valence electrons. The monoisotopic (exact) mass is 430 g/mol. The molecular weight excluding hydrogens is 414 g/mol. The molecule has 2 aromatic heterocycles. The van der Waals surface area contributed by atoms with Crippen LogP contribution < -0.4 is 0 Å². The van der Waals surface area contributed by atoms with E-state index >= 15 is 0 Å². The van der Waals surface area contributed by atoms with E-state index in [2.05, 4.69) is 20.3 Å². The van der Waals surface area contributed by atoms with Crippen LogP contribution in [-0.2, 0) is 0 Å². The van der Waals surface area contributed by atoms with E-state index in [1.54, 1.807) is 44.2 Å². The summed E-state index contributed by atoms with van der Waals surface area (Å²) in [6.45, 7) is 3.35. The minimum Gasteiger partial charge on any atom is -0.334 e. The summed E-state index contributed by atoms with van der Waals surface area (Å²) in [5.74, 6) is 0.746. The van der Waals surface area contributed by atoms with E-state index in [4.69, 9.17) is 9.05 Å². The summed E-state index contributed by atoms with van der Waals surface area (Å²) >= 11 is 0. The molecule has 2 heterocycles. The SMILES string of the molecule is Cc1cc(-c2noc(-c3cccc(-c4nc(-c5ccc(F)c(C)c5)no4)c3)n2)ccc1F. The number of benzene rings is 3. The maximum Gasteiger partial charge on any atom is 0.258 e. The Morgan fingerprint density at radius 3 is 1.50 bits per heavy atom. The van der Waals surface area contributed by atoms with Crippen molar-refractivity contribution in [3.05, 3.63) is 83.4 Å². The second kappa shape index (κ2) is 7.81. The Morgan fingerprint density at radius 2 is 1.06 bits per heavy atom. The van der Waals surface area contributed by atoms with Crippen LogP contribution in [0, 0.1) is 25.5 Å². The maximum atomic E-state index is 13.5. The molecule has 0 spiro atoms. The van der Waals surface area contributed by atoms with Gasteiger partial charge in [0.15, 0.2) is 0 Å². The largest absolute Gasteiger partial charge is 0.334 e. The highest BCUT2D eigenvalue weighted by Gasteiger charge is 2.15. The smallest absolute Gasteiger partial charge is 0.258 e. The summed E-state index contributed by atoms with van der Waals surface area (Å²) in [7, 11) is 0. The van der Waals surface area contributed by atoms with Gasteiger partial charge in [-0.3, -0.25) is 0 Å². The summed E-state index contributed by atoms with van der Waals surface area (Å²) in [6, 6.07) is 16.5. The van der Waals surface area contributed by atoms with Crippen molar-refractivity contribution in [3.8, 4) is 45.7 Å². The van der Waals surface area contributed by atoms with Crippen molar-refractivity contribution >= 4 is 0 Å². The van der Waals surface area contributed by atoms with Gasteiger partial charge in [-0.05, 0) is 79.6 Å². The highest BCUT2D eigenvalue weighted by Crippen LogP contribution is 2.28. The van der Waals surface area contributed by atoms with Gasteiger partial charge in [0.05, 0.1) is 0 Å². The molecule has 0 saturated carbocycles. The highest BCUT2D eigenvalue weighted by atomic mass is 19.1. The van der Waals surface area contributed by atoms with Crippen molar-refractivity contribution in [2.24, 2.45) is 0 Å². The van der Waals surface area contributed by atoms with Crippen LogP contribution in [0.5, 0.6) is 0 Å². The zero-order valence-corrected chi connectivity index (χ0v) is 17.1. The Hall–Kier alpha value is -4.20. The fourth-order valence-electron chi connectivity index (χ4n) is 3.27. The molecule has 5 aromatic rings. The summed E-state index contributed by atoms with van der Waals surface area (Å²) in [6.07, 6.45) is 0. The van der Waals surface area contributed by atoms with Gasteiger partial charge in [-0.1, -0.05) is 16.4 Å². The lowest BCUT2D eigenvalue weighted by atomic mass is 10.1. The molecule has 3 aromatic carbocycles. The van der Waals surface area contributed by atoms with Gasteiger partial charge >= 0.3 is 0 Å². The normalized spacial score (nSPS) is 11.1. The number of hydrogen-bond acceptors (Lipinski definition) is 6. The van der Waals surface area contributed by atoms with Gasteiger partial charge < -0.3 is 9.05 Å². The first-order valence-electron chi connectivity index (χ1n) is 9.79. The summed E-state index contributed by atoms with van der Waals surface area (Å²) in [5.41, 5.74) is 3.64. The fraction of sp³-hybridized carbons (Fsp3) is 0.0833. The van der Waals surface area contributed by atoms with Crippen LogP contribution in [-0.4, -0.2) is 20.3 Å². The molecule has 0 aliphatic rings. The number of hydrogen-bond donors (Lipinski definition) is 0. The van der Waals surface area contributed by atoms with E-state index in [1.165, 1.54) is 12.1 Å². The van der Waals surface area contributed by atoms with E-state index in [0.29, 0.717) is 56.8 Å². The molecule has 8 heteroatoms. The van der Waals surface area contributed by atoms with Crippen molar-refractivity contribution in [2.45, 2.75) is 13.8 Å². The Kier molecular flexibility index (Phi) is 4.82. The molecule has 32 heavy (non-hydrogen) atoms. The zero-order valence-electron chi connectivity index (χ0n) is 17.1. The van der Waals surface area contributed by atoms with Gasteiger partial charge in [-0.15, -0.1) is 0 Å². The molecule has 0 atom stereocenters. The lowest BCUT2D eigenvalue weighted by Crippen LogP contribution is -1.87. The second-order valence-corrected chi connectivity index (χ2v) is 7.36. The summed E-state index contributed by atoms with van der Waals surface area (Å²) in [4.78, 5) is 8.85. The summed E-state index contributed by atoms with van der Waals surface area (Å²) in [5, 5.41) is 8.01. The molecule has 6 nitrogen and oxygen atoms in total. The Labute approximate surface area is 181 Å². The Bertz CT molecular complexity index is 1340. The predicted octanol–water partition coefficient (Wildman–Crippen LogP) is 6.02. The third kappa shape index (κ3) is 3.66. The molecule has 0 unspecified atom stereocenters. The van der Waals surface area contributed by atoms with Crippen molar-refractivity contribution in [2.75, 3.05) is 0 Å². The van der Waals surface area contributed by atoms with Gasteiger partial charge in [0.1, 0.15) is 11.6 Å². The number of rotatable bonds is 4. The highest BCUT2D eigenvalue weighted by molar-refractivity contribution is 5.67. The third-order valence-corrected chi connectivity index (χ3v) is 5.04. The van der Waals surface area contributed by atoms with Gasteiger partial charge in [-0.25, -0.2) is 8.78 Å². The van der Waals surface area contributed by atoms with Crippen LogP contribution in [0.3, 0.4) is 0 Å². The first kappa shape index (κ1) is 19.7. The van der Waals surface area contributed by atoms with Crippen LogP contribution in [0.2, 0.25) is 0 Å². The molecular formula is C24H16F2N4O2. The molecule has 0 radical (unpaired) electrons. The van der Waals surface area contributed by atoms with E-state index < -0.39 is 0 Å². The molecule has 0 bridgehead atoms. The predicted molar refractivity (Wildman–Crippen MR) is 113 cm³/mol. The molecule has 0 fully saturated rings. The van der Waals surface area contributed by atoms with Crippen LogP contribution in [0.15, 0.2) is 69.7 Å². The zero-order chi connectivity index (χ0) is 22.2. The number of halogens is 2. The van der Waals surface area contributed by atoms with Crippen molar-refractivity contribution < 1.29 is 17.8 Å². The second-order valence-electron chi connectivity index (χ2n) is 7.36. The molecule has 0 aliphatic heterocycles. The van der Waals surface area contributed by atoms with Gasteiger partial charge in [0.25, 0.3) is 11.8 Å². The van der Waals surface area contributed by atoms with E-state index in [0.717, 1.165) is 0 Å². The molecule has 0 saturated heterocycles. The fourth-order valence-corrected chi connectivity index (χ4v) is 3.27. The average molecular weight is 430 g/mol. The van der Waals surface area contributed by atoms with Crippen molar-refractivity contribution in [1.82, 2.24) is 20.3 Å². The maximum absolute atomic E-state index is 13.5. The number of aryl methyl sites for hydroxylation is 2. The van der Waals surface area contributed by atoms with E-state index in [-0.39, 0.29) is 11.6 Å². The Balaban J connectivity index is 1.44. The quantitative estimate of drug-likeness (QED) is 0.347. The molecule has 0 aliphatic carbocycles. The molecule has 0 N–H and O–H groups in total. The minimum atomic E-state index is -0.292. The Morgan fingerprint density at radius 1 is 0.594 bits per heavy atom. The lowest BCUT2D eigenvalue weighted by Gasteiger charge is -1.99. The molecule has 0 amide bonds. The summed E-state index contributed by atoms with van der Waals surface area (Å²) < 4.78 is 37.9. The standard InChI is InChI=1S/C24H16F2N4O2/c1-13-10-15(6-8-19(13)25)21-27-23(31-29-21)17-4-3-5-18(12-17)24-28-22(30-32-24)16-7-9-20(26)14(2)11-16/h3-12H,1-2H3. The minimum absolute atomic E-state index is 0.292. The number of nitrogens with zero attached hydrogens (tertiary/aromatic N) is 4. The van der Waals surface area contributed by atoms with Crippen LogP contribution in [0.4, 0.5) is 8.78 Å². The first-order chi connectivity index (χ1) is 15.5.